The summed E-state index contributed by atoms with van der Waals surface area (Å²) in [4.78, 5) is 0. The van der Waals surface area contributed by atoms with Gasteiger partial charge in [-0.1, -0.05) is 5.16 Å². The lowest BCUT2D eigenvalue weighted by atomic mass is 10.0. The van der Waals surface area contributed by atoms with Crippen LogP contribution in [0.25, 0.3) is 22.5 Å². The summed E-state index contributed by atoms with van der Waals surface area (Å²) in [5.74, 6) is 12.3. The number of nitrogens with zero attached hydrogens (tertiary/aromatic N) is 1. The number of fused-ring (bicyclic) bond motifs is 1. The Morgan fingerprint density at radius 1 is 1.00 bits per heavy atom. The van der Waals surface area contributed by atoms with Crippen LogP contribution in [0, 0.1) is 0 Å². The Bertz CT molecular complexity index is 1140. The molecule has 4 rings (SSSR count). The maximum absolute atomic E-state index is 12.4. The Labute approximate surface area is 176 Å². The van der Waals surface area contributed by atoms with Crippen LogP contribution in [-0.2, 0) is 13.8 Å². The minimum atomic E-state index is -4.28. The fraction of sp³-hybridized carbons (Fsp3) is 0.167. The molecule has 31 heavy (non-hydrogen) atoms. The number of ether oxygens (including phenoxy) is 4. The highest BCUT2D eigenvalue weighted by molar-refractivity contribution is 7.48. The second kappa shape index (κ2) is 8.46. The summed E-state index contributed by atoms with van der Waals surface area (Å²) in [5, 5.41) is 3.89. The van der Waals surface area contributed by atoms with E-state index < -0.39 is 7.82 Å². The second-order valence-electron chi connectivity index (χ2n) is 6.09. The molecule has 1 aliphatic heterocycles. The zero-order valence-corrected chi connectivity index (χ0v) is 17.3. The molecule has 0 saturated heterocycles. The fourth-order valence-corrected chi connectivity index (χ4v) is 3.54. The SMILES string of the molecule is COc1ccc(-c2cnoc2-c2cc(OC)c3c(c2)OCO3)c(OP(=O)(ON)ON)c1. The second-order valence-corrected chi connectivity index (χ2v) is 7.59. The molecule has 0 unspecified atom stereocenters. The molecule has 0 aliphatic carbocycles. The molecular weight excluding hydrogens is 433 g/mol. The van der Waals surface area contributed by atoms with Gasteiger partial charge >= 0.3 is 7.82 Å². The molecule has 0 atom stereocenters. The van der Waals surface area contributed by atoms with Crippen LogP contribution in [0.4, 0.5) is 0 Å². The summed E-state index contributed by atoms with van der Waals surface area (Å²) in [6.45, 7) is 0.0718. The van der Waals surface area contributed by atoms with E-state index in [1.807, 2.05) is 0 Å². The van der Waals surface area contributed by atoms with Crippen molar-refractivity contribution in [2.24, 2.45) is 11.8 Å². The number of hydrogen-bond donors (Lipinski definition) is 2. The average Bonchev–Trinajstić information content (AvgIpc) is 3.47. The highest BCUT2D eigenvalue weighted by Gasteiger charge is 2.30. The first kappa shape index (κ1) is 21.0. The number of methoxy groups -OCH3 is 2. The molecule has 3 aromatic rings. The van der Waals surface area contributed by atoms with Crippen molar-refractivity contribution in [1.29, 1.82) is 0 Å². The highest BCUT2D eigenvalue weighted by atomic mass is 31.2. The van der Waals surface area contributed by atoms with E-state index in [1.54, 1.807) is 24.3 Å². The predicted molar refractivity (Wildman–Crippen MR) is 105 cm³/mol. The largest absolute Gasteiger partial charge is 0.563 e. The van der Waals surface area contributed by atoms with Crippen LogP contribution >= 0.6 is 7.82 Å². The van der Waals surface area contributed by atoms with Gasteiger partial charge in [-0.25, -0.2) is 16.4 Å². The van der Waals surface area contributed by atoms with Gasteiger partial charge in [-0.15, -0.1) is 0 Å². The summed E-state index contributed by atoms with van der Waals surface area (Å²) in [6, 6.07) is 8.19. The Morgan fingerprint density at radius 2 is 1.81 bits per heavy atom. The molecular formula is C18H18N3O9P. The average molecular weight is 451 g/mol. The molecule has 0 bridgehead atoms. The van der Waals surface area contributed by atoms with Gasteiger partial charge in [-0.3, -0.25) is 0 Å². The summed E-state index contributed by atoms with van der Waals surface area (Å²) in [6.07, 6.45) is 1.46. The monoisotopic (exact) mass is 451 g/mol. The van der Waals surface area contributed by atoms with Crippen LogP contribution in [0.2, 0.25) is 0 Å². The lowest BCUT2D eigenvalue weighted by molar-refractivity contribution is 0.159. The normalized spacial score (nSPS) is 12.6. The Balaban J connectivity index is 1.83. The van der Waals surface area contributed by atoms with Crippen LogP contribution in [0.3, 0.4) is 0 Å². The minimum absolute atomic E-state index is 0.0377. The van der Waals surface area contributed by atoms with E-state index in [9.17, 15) is 4.57 Å². The van der Waals surface area contributed by atoms with Gasteiger partial charge in [0, 0.05) is 17.2 Å². The number of hydrogen-bond acceptors (Lipinski definition) is 12. The molecule has 0 spiro atoms. The summed E-state index contributed by atoms with van der Waals surface area (Å²) in [7, 11) is -1.31. The molecule has 0 saturated carbocycles. The number of nitrogens with two attached hydrogens (primary N) is 2. The predicted octanol–water partition coefficient (Wildman–Crippen LogP) is 3.02. The number of benzene rings is 2. The van der Waals surface area contributed by atoms with Crippen molar-refractivity contribution in [3.63, 3.8) is 0 Å². The Morgan fingerprint density at radius 3 is 2.52 bits per heavy atom. The quantitative estimate of drug-likeness (QED) is 0.381. The summed E-state index contributed by atoms with van der Waals surface area (Å²) < 4.78 is 53.3. The first-order chi connectivity index (χ1) is 15.0. The van der Waals surface area contributed by atoms with Crippen LogP contribution in [0.5, 0.6) is 28.7 Å². The first-order valence-electron chi connectivity index (χ1n) is 8.69. The molecule has 0 fully saturated rings. The highest BCUT2D eigenvalue weighted by Crippen LogP contribution is 2.51. The number of rotatable bonds is 8. The topological polar surface area (TPSA) is 160 Å². The first-order valence-corrected chi connectivity index (χ1v) is 10.2. The standard InChI is InChI=1S/C18H18N3O9P/c1-23-11-3-4-12(14(7-11)28-31(22,29-19)30-20)13-8-21-27-17(13)10-5-15(24-2)18-16(6-10)25-9-26-18/h3-8H,9,19-20H2,1-2H3. The van der Waals surface area contributed by atoms with Gasteiger partial charge in [0.2, 0.25) is 12.5 Å². The molecule has 2 aromatic carbocycles. The van der Waals surface area contributed by atoms with Gasteiger partial charge in [-0.2, -0.15) is 9.25 Å². The van der Waals surface area contributed by atoms with Crippen LogP contribution in [0.15, 0.2) is 41.1 Å². The van der Waals surface area contributed by atoms with Crippen molar-refractivity contribution in [3.8, 4) is 51.2 Å². The van der Waals surface area contributed by atoms with E-state index in [0.29, 0.717) is 45.4 Å². The number of phosphoric acid groups is 1. The van der Waals surface area contributed by atoms with Gasteiger partial charge < -0.3 is 28.0 Å². The number of aromatic nitrogens is 1. The lowest BCUT2D eigenvalue weighted by Gasteiger charge is -2.16. The molecule has 4 N–H and O–H groups in total. The van der Waals surface area contributed by atoms with Gasteiger partial charge in [0.1, 0.15) is 11.5 Å². The van der Waals surface area contributed by atoms with E-state index in [4.69, 9.17) is 39.8 Å². The van der Waals surface area contributed by atoms with Crippen molar-refractivity contribution in [2.45, 2.75) is 0 Å². The molecule has 1 aliphatic rings. The van der Waals surface area contributed by atoms with Gasteiger partial charge in [0.05, 0.1) is 26.0 Å². The van der Waals surface area contributed by atoms with E-state index in [2.05, 4.69) is 14.4 Å². The molecule has 0 radical (unpaired) electrons. The van der Waals surface area contributed by atoms with Gasteiger partial charge in [0.25, 0.3) is 0 Å². The zero-order chi connectivity index (χ0) is 22.0. The summed E-state index contributed by atoms with van der Waals surface area (Å²) in [5.41, 5.74) is 1.49. The molecule has 0 amide bonds. The van der Waals surface area contributed by atoms with Crippen LogP contribution < -0.4 is 35.3 Å². The van der Waals surface area contributed by atoms with Crippen LogP contribution in [0.1, 0.15) is 0 Å². The fourth-order valence-electron chi connectivity index (χ4n) is 3.02. The third kappa shape index (κ3) is 3.90. The molecule has 1 aromatic heterocycles. The molecule has 13 heteroatoms. The summed E-state index contributed by atoms with van der Waals surface area (Å²) >= 11 is 0. The van der Waals surface area contributed by atoms with Crippen molar-refractivity contribution in [2.75, 3.05) is 21.0 Å². The van der Waals surface area contributed by atoms with Gasteiger partial charge in [0.15, 0.2) is 17.3 Å². The van der Waals surface area contributed by atoms with E-state index in [-0.39, 0.29) is 12.5 Å². The van der Waals surface area contributed by atoms with Crippen LogP contribution in [-0.4, -0.2) is 26.2 Å². The maximum Gasteiger partial charge on any atom is 0.563 e. The Hall–Kier alpha value is -3.28. The zero-order valence-electron chi connectivity index (χ0n) is 16.4. The minimum Gasteiger partial charge on any atom is -0.497 e. The Kier molecular flexibility index (Phi) is 5.72. The maximum atomic E-state index is 12.4. The lowest BCUT2D eigenvalue weighted by Crippen LogP contribution is -2.10. The van der Waals surface area contributed by atoms with E-state index in [0.717, 1.165) is 0 Å². The van der Waals surface area contributed by atoms with E-state index in [1.165, 1.54) is 26.5 Å². The van der Waals surface area contributed by atoms with Crippen molar-refractivity contribution >= 4 is 7.82 Å². The molecule has 2 heterocycles. The third-order valence-corrected chi connectivity index (χ3v) is 5.37. The van der Waals surface area contributed by atoms with Gasteiger partial charge in [-0.05, 0) is 24.3 Å². The molecule has 164 valence electrons. The third-order valence-electron chi connectivity index (χ3n) is 4.44. The van der Waals surface area contributed by atoms with Crippen molar-refractivity contribution < 1.29 is 41.8 Å². The van der Waals surface area contributed by atoms with E-state index >= 15 is 0 Å². The smallest absolute Gasteiger partial charge is 0.497 e. The van der Waals surface area contributed by atoms with Crippen molar-refractivity contribution in [1.82, 2.24) is 5.16 Å². The molecule has 12 nitrogen and oxygen atoms in total. The van der Waals surface area contributed by atoms with Crippen molar-refractivity contribution in [3.05, 3.63) is 36.5 Å².